The van der Waals surface area contributed by atoms with E-state index in [9.17, 15) is 0 Å². The molecule has 0 saturated carbocycles. The zero-order chi connectivity index (χ0) is 17.6. The first-order valence-corrected chi connectivity index (χ1v) is 8.46. The van der Waals surface area contributed by atoms with Gasteiger partial charge >= 0.3 is 0 Å². The first kappa shape index (κ1) is 27.8. The van der Waals surface area contributed by atoms with Crippen molar-refractivity contribution < 1.29 is 0 Å². The van der Waals surface area contributed by atoms with Crippen molar-refractivity contribution in [1.82, 2.24) is 0 Å². The predicted molar refractivity (Wildman–Crippen MR) is 121 cm³/mol. The van der Waals surface area contributed by atoms with Gasteiger partial charge in [-0.1, -0.05) is 128 Å². The van der Waals surface area contributed by atoms with E-state index in [4.69, 9.17) is 0 Å². The van der Waals surface area contributed by atoms with Gasteiger partial charge in [-0.25, -0.2) is 0 Å². The minimum atomic E-state index is 0. The molecule has 0 fully saturated rings. The Balaban J connectivity index is -0.00000116. The third kappa shape index (κ3) is 14.0. The molecule has 0 spiro atoms. The Morgan fingerprint density at radius 1 is 0.880 bits per heavy atom. The van der Waals surface area contributed by atoms with Crippen molar-refractivity contribution >= 4 is 0 Å². The number of rotatable bonds is 5. The van der Waals surface area contributed by atoms with Crippen LogP contribution < -0.4 is 0 Å². The van der Waals surface area contributed by atoms with Gasteiger partial charge in [0.25, 0.3) is 0 Å². The summed E-state index contributed by atoms with van der Waals surface area (Å²) in [5, 5.41) is 0. The molecule has 0 nitrogen and oxygen atoms in total. The van der Waals surface area contributed by atoms with Crippen LogP contribution in [0, 0.1) is 5.41 Å². The van der Waals surface area contributed by atoms with Gasteiger partial charge in [0.2, 0.25) is 0 Å². The molecular formula is C25H40. The third-order valence-corrected chi connectivity index (χ3v) is 3.05. The fourth-order valence-corrected chi connectivity index (χ4v) is 1.84. The highest BCUT2D eigenvalue weighted by molar-refractivity contribution is 5.40. The first-order valence-electron chi connectivity index (χ1n) is 8.46. The van der Waals surface area contributed by atoms with Crippen LogP contribution >= 0.6 is 0 Å². The summed E-state index contributed by atoms with van der Waals surface area (Å²) in [5.41, 5.74) is 2.54. The average Bonchev–Trinajstić information content (AvgIpc) is 2.71. The van der Waals surface area contributed by atoms with Crippen LogP contribution in [-0.2, 0) is 0 Å². The van der Waals surface area contributed by atoms with Gasteiger partial charge in [-0.05, 0) is 25.0 Å². The smallest absolute Gasteiger partial charge is 0.00109 e. The van der Waals surface area contributed by atoms with E-state index in [1.165, 1.54) is 11.1 Å². The minimum absolute atomic E-state index is 0. The number of hydrogen-bond acceptors (Lipinski definition) is 0. The summed E-state index contributed by atoms with van der Waals surface area (Å²) < 4.78 is 0. The van der Waals surface area contributed by atoms with E-state index in [0.717, 1.165) is 0 Å². The molecule has 0 radical (unpaired) electrons. The zero-order valence-corrected chi connectivity index (χ0v) is 15.6. The van der Waals surface area contributed by atoms with E-state index in [0.29, 0.717) is 0 Å². The molecule has 0 N–H and O–H groups in total. The van der Waals surface area contributed by atoms with Crippen LogP contribution in [0.25, 0.3) is 0 Å². The highest BCUT2D eigenvalue weighted by Crippen LogP contribution is 2.22. The van der Waals surface area contributed by atoms with Gasteiger partial charge in [-0.3, -0.25) is 0 Å². The van der Waals surface area contributed by atoms with E-state index in [2.05, 4.69) is 80.7 Å². The quantitative estimate of drug-likeness (QED) is 0.440. The molecule has 0 heterocycles. The molecule has 25 heavy (non-hydrogen) atoms. The van der Waals surface area contributed by atoms with Crippen molar-refractivity contribution in [2.75, 3.05) is 0 Å². The second-order valence-electron chi connectivity index (χ2n) is 5.59. The Labute approximate surface area is 158 Å². The predicted octanol–water partition coefficient (Wildman–Crippen LogP) is 8.55. The molecule has 0 atom stereocenters. The van der Waals surface area contributed by atoms with Crippen LogP contribution in [0.15, 0.2) is 96.2 Å². The van der Waals surface area contributed by atoms with Gasteiger partial charge in [0.1, 0.15) is 0 Å². The van der Waals surface area contributed by atoms with Crippen LogP contribution in [0.1, 0.15) is 56.4 Å². The van der Waals surface area contributed by atoms with Gasteiger partial charge in [0.15, 0.2) is 0 Å². The van der Waals surface area contributed by atoms with Crippen LogP contribution in [0.3, 0.4) is 0 Å². The van der Waals surface area contributed by atoms with Crippen LogP contribution in [0.5, 0.6) is 0 Å². The van der Waals surface area contributed by atoms with Gasteiger partial charge in [0.05, 0.1) is 0 Å². The molecule has 0 aromatic rings. The van der Waals surface area contributed by atoms with E-state index in [1.807, 2.05) is 45.9 Å². The number of allylic oxidation sites excluding steroid dienone is 16. The van der Waals surface area contributed by atoms with Crippen LogP contribution in [0.2, 0.25) is 0 Å². The SMILES string of the molecule is C.C.CC.C\C=C/C=C(\C=C/C)/C=C/C=C/C1=CC=CC(C)(C)C=C1. The summed E-state index contributed by atoms with van der Waals surface area (Å²) in [6.07, 6.45) is 29.6. The molecule has 0 aromatic heterocycles. The van der Waals surface area contributed by atoms with Crippen molar-refractivity contribution in [3.05, 3.63) is 96.2 Å². The summed E-state index contributed by atoms with van der Waals surface area (Å²) in [6.45, 7) is 12.5. The lowest BCUT2D eigenvalue weighted by Gasteiger charge is -2.12. The van der Waals surface area contributed by atoms with E-state index >= 15 is 0 Å². The van der Waals surface area contributed by atoms with Crippen molar-refractivity contribution in [1.29, 1.82) is 0 Å². The zero-order valence-electron chi connectivity index (χ0n) is 15.6. The first-order chi connectivity index (χ1) is 11.1. The Morgan fingerprint density at radius 3 is 2.16 bits per heavy atom. The Kier molecular flexibility index (Phi) is 18.6. The standard InChI is InChI=1S/C21H26.C2H6.2CH4/c1-5-7-12-19(11-6-2)13-8-9-14-20-15-10-17-21(3,4)18-16-20;1-2;;/h5-18H,1-4H3;1-2H3;2*1H4/b7-5-,11-6-,13-8+,14-9+,19-12+;;;. The Bertz CT molecular complexity index is 553. The lowest BCUT2D eigenvalue weighted by Crippen LogP contribution is -2.00. The molecule has 1 aliphatic rings. The van der Waals surface area contributed by atoms with E-state index in [1.54, 1.807) is 0 Å². The monoisotopic (exact) mass is 340 g/mol. The van der Waals surface area contributed by atoms with Gasteiger partial charge < -0.3 is 0 Å². The van der Waals surface area contributed by atoms with Crippen LogP contribution in [-0.4, -0.2) is 0 Å². The summed E-state index contributed by atoms with van der Waals surface area (Å²) >= 11 is 0. The third-order valence-electron chi connectivity index (χ3n) is 3.05. The fraction of sp³-hybridized carbons (Fsp3) is 0.360. The van der Waals surface area contributed by atoms with Crippen molar-refractivity contribution in [3.8, 4) is 0 Å². The van der Waals surface area contributed by atoms with E-state index in [-0.39, 0.29) is 20.3 Å². The van der Waals surface area contributed by atoms with Crippen molar-refractivity contribution in [2.24, 2.45) is 5.41 Å². The summed E-state index contributed by atoms with van der Waals surface area (Å²) in [4.78, 5) is 0. The molecule has 0 heteroatoms. The largest absolute Gasteiger partial charge is 0.0876 e. The lowest BCUT2D eigenvalue weighted by molar-refractivity contribution is 0.627. The maximum absolute atomic E-state index is 2.23. The van der Waals surface area contributed by atoms with E-state index < -0.39 is 0 Å². The molecule has 0 amide bonds. The van der Waals surface area contributed by atoms with Gasteiger partial charge in [0, 0.05) is 5.41 Å². The maximum atomic E-state index is 2.23. The fourth-order valence-electron chi connectivity index (χ4n) is 1.84. The molecule has 140 valence electrons. The molecule has 0 unspecified atom stereocenters. The molecule has 0 saturated heterocycles. The van der Waals surface area contributed by atoms with Gasteiger partial charge in [-0.15, -0.1) is 0 Å². The van der Waals surface area contributed by atoms with Crippen molar-refractivity contribution in [2.45, 2.75) is 56.4 Å². The summed E-state index contributed by atoms with van der Waals surface area (Å²) in [5.74, 6) is 0. The normalized spacial score (nSPS) is 16.4. The summed E-state index contributed by atoms with van der Waals surface area (Å²) in [6, 6.07) is 0. The van der Waals surface area contributed by atoms with Crippen LogP contribution in [0.4, 0.5) is 0 Å². The number of hydrogen-bond donors (Lipinski definition) is 0. The molecule has 0 bridgehead atoms. The highest BCUT2D eigenvalue weighted by atomic mass is 14.1. The molecule has 1 aliphatic carbocycles. The summed E-state index contributed by atoms with van der Waals surface area (Å²) in [7, 11) is 0. The molecule has 0 aromatic carbocycles. The van der Waals surface area contributed by atoms with Crippen molar-refractivity contribution in [3.63, 3.8) is 0 Å². The molecule has 0 aliphatic heterocycles. The molecular weight excluding hydrogens is 300 g/mol. The molecule has 1 rings (SSSR count). The maximum Gasteiger partial charge on any atom is 0.00109 e. The second-order valence-corrected chi connectivity index (χ2v) is 5.59. The Hall–Kier alpha value is -2.08. The lowest BCUT2D eigenvalue weighted by atomic mass is 9.93. The topological polar surface area (TPSA) is 0 Å². The second kappa shape index (κ2) is 16.8. The minimum Gasteiger partial charge on any atom is -0.0876 e. The van der Waals surface area contributed by atoms with Gasteiger partial charge in [-0.2, -0.15) is 0 Å². The highest BCUT2D eigenvalue weighted by Gasteiger charge is 2.09. The average molecular weight is 341 g/mol. The Morgan fingerprint density at radius 2 is 1.56 bits per heavy atom.